The van der Waals surface area contributed by atoms with Crippen LogP contribution in [0.25, 0.3) is 0 Å². The SMILES string of the molecule is C/C=C/C[SiH2]CCC. The van der Waals surface area contributed by atoms with E-state index in [-0.39, 0.29) is 0 Å². The lowest BCUT2D eigenvalue weighted by Gasteiger charge is -1.87. The lowest BCUT2D eigenvalue weighted by molar-refractivity contribution is 1.07. The molecule has 0 spiro atoms. The zero-order chi connectivity index (χ0) is 6.24. The van der Waals surface area contributed by atoms with Crippen LogP contribution in [0.15, 0.2) is 12.2 Å². The summed E-state index contributed by atoms with van der Waals surface area (Å²) in [4.78, 5) is 0. The van der Waals surface area contributed by atoms with E-state index in [1.807, 2.05) is 0 Å². The molecule has 0 aromatic rings. The summed E-state index contributed by atoms with van der Waals surface area (Å²) in [6, 6.07) is 2.93. The molecule has 0 amide bonds. The van der Waals surface area contributed by atoms with Crippen LogP contribution in [0.2, 0.25) is 12.1 Å². The molecule has 0 saturated carbocycles. The largest absolute Gasteiger partial charge is 0.0920 e. The van der Waals surface area contributed by atoms with Crippen LogP contribution < -0.4 is 0 Å². The van der Waals surface area contributed by atoms with Crippen LogP contribution in [-0.2, 0) is 0 Å². The maximum atomic E-state index is 2.29. The highest BCUT2D eigenvalue weighted by atomic mass is 28.2. The molecular formula is C7H16Si. The first-order valence-corrected chi connectivity index (χ1v) is 5.53. The quantitative estimate of drug-likeness (QED) is 0.308. The molecule has 0 aromatic carbocycles. The van der Waals surface area contributed by atoms with E-state index < -0.39 is 0 Å². The molecule has 0 N–H and O–H groups in total. The van der Waals surface area contributed by atoms with E-state index in [2.05, 4.69) is 26.0 Å². The highest BCUT2D eigenvalue weighted by Crippen LogP contribution is 1.90. The summed E-state index contributed by atoms with van der Waals surface area (Å²) >= 11 is 0. The minimum atomic E-state index is 0.313. The highest BCUT2D eigenvalue weighted by molar-refractivity contribution is 6.35. The molecule has 0 bridgehead atoms. The van der Waals surface area contributed by atoms with Gasteiger partial charge >= 0.3 is 0 Å². The van der Waals surface area contributed by atoms with E-state index in [1.165, 1.54) is 18.5 Å². The maximum absolute atomic E-state index is 2.29. The predicted molar refractivity (Wildman–Crippen MR) is 43.3 cm³/mol. The van der Waals surface area contributed by atoms with Crippen LogP contribution >= 0.6 is 0 Å². The van der Waals surface area contributed by atoms with E-state index in [0.29, 0.717) is 9.52 Å². The smallest absolute Gasteiger partial charge is 0.0239 e. The molecule has 0 heterocycles. The molecule has 0 rings (SSSR count). The van der Waals surface area contributed by atoms with E-state index in [9.17, 15) is 0 Å². The Morgan fingerprint density at radius 3 is 2.75 bits per heavy atom. The monoisotopic (exact) mass is 128 g/mol. The fourth-order valence-corrected chi connectivity index (χ4v) is 2.04. The minimum absolute atomic E-state index is 0.313. The van der Waals surface area contributed by atoms with Gasteiger partial charge < -0.3 is 0 Å². The summed E-state index contributed by atoms with van der Waals surface area (Å²) < 4.78 is 0. The normalized spacial score (nSPS) is 12.2. The van der Waals surface area contributed by atoms with Crippen molar-refractivity contribution in [3.8, 4) is 0 Å². The molecule has 0 atom stereocenters. The topological polar surface area (TPSA) is 0 Å². The Bertz CT molecular complexity index is 57.4. The molecule has 0 fully saturated rings. The Hall–Kier alpha value is -0.0431. The second-order valence-corrected chi connectivity index (χ2v) is 4.06. The van der Waals surface area contributed by atoms with Crippen LogP contribution in [0.3, 0.4) is 0 Å². The first-order chi connectivity index (χ1) is 3.91. The summed E-state index contributed by atoms with van der Waals surface area (Å²) in [5, 5.41) is 0. The van der Waals surface area contributed by atoms with Crippen molar-refractivity contribution >= 4 is 9.52 Å². The van der Waals surface area contributed by atoms with Gasteiger partial charge in [0.15, 0.2) is 0 Å². The second kappa shape index (κ2) is 6.96. The Morgan fingerprint density at radius 1 is 1.50 bits per heavy atom. The van der Waals surface area contributed by atoms with Crippen molar-refractivity contribution in [1.29, 1.82) is 0 Å². The molecule has 0 aliphatic rings. The lowest BCUT2D eigenvalue weighted by Crippen LogP contribution is -1.82. The van der Waals surface area contributed by atoms with Gasteiger partial charge in [-0.15, -0.1) is 0 Å². The van der Waals surface area contributed by atoms with Gasteiger partial charge in [-0.05, 0) is 13.0 Å². The lowest BCUT2D eigenvalue weighted by atomic mass is 10.6. The van der Waals surface area contributed by atoms with Gasteiger partial charge in [-0.1, -0.05) is 31.5 Å². The van der Waals surface area contributed by atoms with Crippen molar-refractivity contribution < 1.29 is 0 Å². The summed E-state index contributed by atoms with van der Waals surface area (Å²) in [6.45, 7) is 4.36. The summed E-state index contributed by atoms with van der Waals surface area (Å²) in [6.07, 6.45) is 5.84. The van der Waals surface area contributed by atoms with Crippen molar-refractivity contribution in [3.63, 3.8) is 0 Å². The molecule has 8 heavy (non-hydrogen) atoms. The molecule has 0 radical (unpaired) electrons. The molecule has 0 aliphatic heterocycles. The van der Waals surface area contributed by atoms with E-state index in [4.69, 9.17) is 0 Å². The Kier molecular flexibility index (Phi) is 6.92. The number of hydrogen-bond acceptors (Lipinski definition) is 0. The zero-order valence-electron chi connectivity index (χ0n) is 5.98. The van der Waals surface area contributed by atoms with Crippen molar-refractivity contribution in [1.82, 2.24) is 0 Å². The summed E-state index contributed by atoms with van der Waals surface area (Å²) in [5.41, 5.74) is 0. The van der Waals surface area contributed by atoms with Crippen molar-refractivity contribution in [2.45, 2.75) is 32.4 Å². The number of allylic oxidation sites excluding steroid dienone is 2. The fraction of sp³-hybridized carbons (Fsp3) is 0.714. The van der Waals surface area contributed by atoms with Gasteiger partial charge in [0.25, 0.3) is 0 Å². The minimum Gasteiger partial charge on any atom is -0.0920 e. The molecule has 48 valence electrons. The standard InChI is InChI=1S/C7H16Si/c1-3-5-7-8-6-4-2/h3,5H,4,6-8H2,1-2H3/b5-3+. The van der Waals surface area contributed by atoms with Gasteiger partial charge in [-0.2, -0.15) is 0 Å². The van der Waals surface area contributed by atoms with Crippen LogP contribution in [-0.4, -0.2) is 9.52 Å². The third-order valence-corrected chi connectivity index (χ3v) is 3.16. The zero-order valence-corrected chi connectivity index (χ0v) is 7.40. The third kappa shape index (κ3) is 5.96. The number of rotatable bonds is 4. The summed E-state index contributed by atoms with van der Waals surface area (Å²) in [7, 11) is 0.313. The van der Waals surface area contributed by atoms with E-state index >= 15 is 0 Å². The maximum Gasteiger partial charge on any atom is 0.0239 e. The average Bonchev–Trinajstić information content (AvgIpc) is 1.81. The Labute approximate surface area is 54.8 Å². The third-order valence-electron chi connectivity index (χ3n) is 1.21. The van der Waals surface area contributed by atoms with E-state index in [1.54, 1.807) is 0 Å². The first kappa shape index (κ1) is 7.96. The first-order valence-electron chi connectivity index (χ1n) is 3.53. The number of hydrogen-bond donors (Lipinski definition) is 0. The predicted octanol–water partition coefficient (Wildman–Crippen LogP) is 1.98. The molecule has 0 saturated heterocycles. The highest BCUT2D eigenvalue weighted by Gasteiger charge is 1.80. The van der Waals surface area contributed by atoms with Gasteiger partial charge in [-0.25, -0.2) is 0 Å². The van der Waals surface area contributed by atoms with Crippen LogP contribution in [0.5, 0.6) is 0 Å². The van der Waals surface area contributed by atoms with Gasteiger partial charge in [0.1, 0.15) is 0 Å². The molecule has 0 aromatic heterocycles. The molecule has 1 heteroatoms. The van der Waals surface area contributed by atoms with Crippen LogP contribution in [0.1, 0.15) is 20.3 Å². The van der Waals surface area contributed by atoms with Crippen molar-refractivity contribution in [2.24, 2.45) is 0 Å². The van der Waals surface area contributed by atoms with Gasteiger partial charge in [0.2, 0.25) is 0 Å². The fourth-order valence-electron chi connectivity index (χ4n) is 0.679. The Morgan fingerprint density at radius 2 is 2.25 bits per heavy atom. The van der Waals surface area contributed by atoms with Crippen LogP contribution in [0.4, 0.5) is 0 Å². The average molecular weight is 128 g/mol. The second-order valence-electron chi connectivity index (χ2n) is 2.06. The Balaban J connectivity index is 2.72. The van der Waals surface area contributed by atoms with E-state index in [0.717, 1.165) is 0 Å². The van der Waals surface area contributed by atoms with Gasteiger partial charge in [-0.3, -0.25) is 0 Å². The molecule has 0 aliphatic carbocycles. The van der Waals surface area contributed by atoms with Gasteiger partial charge in [0, 0.05) is 9.52 Å². The molecular weight excluding hydrogens is 112 g/mol. The molecule has 0 unspecified atom stereocenters. The van der Waals surface area contributed by atoms with Crippen LogP contribution in [0, 0.1) is 0 Å². The molecule has 0 nitrogen and oxygen atoms in total. The summed E-state index contributed by atoms with van der Waals surface area (Å²) in [5.74, 6) is 0. The van der Waals surface area contributed by atoms with Crippen molar-refractivity contribution in [2.75, 3.05) is 0 Å². The van der Waals surface area contributed by atoms with Gasteiger partial charge in [0.05, 0.1) is 0 Å². The van der Waals surface area contributed by atoms with Crippen molar-refractivity contribution in [3.05, 3.63) is 12.2 Å².